The summed E-state index contributed by atoms with van der Waals surface area (Å²) < 4.78 is 5.60. The maximum Gasteiger partial charge on any atom is 0.142 e. The van der Waals surface area contributed by atoms with E-state index in [0.717, 1.165) is 22.8 Å². The minimum Gasteiger partial charge on any atom is -0.516 e. The Kier molecular flexibility index (Phi) is 4.40. The van der Waals surface area contributed by atoms with Crippen LogP contribution in [-0.4, -0.2) is 5.11 Å². The maximum atomic E-state index is 7.33. The molecule has 0 heterocycles. The number of hydrogen-bond donors (Lipinski definition) is 1. The molecule has 100 valence electrons. The second-order valence-corrected chi connectivity index (χ2v) is 4.12. The summed E-state index contributed by atoms with van der Waals surface area (Å²) in [5.74, 6) is 0.883. The minimum atomic E-state index is 0.750. The van der Waals surface area contributed by atoms with Gasteiger partial charge < -0.3 is 9.84 Å². The van der Waals surface area contributed by atoms with Gasteiger partial charge in [0.2, 0.25) is 0 Å². The van der Waals surface area contributed by atoms with E-state index in [1.807, 2.05) is 24.3 Å². The highest BCUT2D eigenvalue weighted by Crippen LogP contribution is 2.34. The van der Waals surface area contributed by atoms with Gasteiger partial charge in [0.25, 0.3) is 0 Å². The number of rotatable bonds is 2. The standard InChI is InChI=1S/C16H12O.C2H4O/c1-2-17-16-14-9-5-3-7-12(14)11-13-8-4-6-10-15(13)16;1-2-3/h2-11H,1H2;2-3H,1H2. The predicted molar refractivity (Wildman–Crippen MR) is 85.1 cm³/mol. The van der Waals surface area contributed by atoms with Gasteiger partial charge in [0.1, 0.15) is 5.75 Å². The summed E-state index contributed by atoms with van der Waals surface area (Å²) in [6.45, 7) is 6.56. The second-order valence-electron chi connectivity index (χ2n) is 4.12. The van der Waals surface area contributed by atoms with Gasteiger partial charge in [0.15, 0.2) is 0 Å². The smallest absolute Gasteiger partial charge is 0.142 e. The second kappa shape index (κ2) is 6.43. The fourth-order valence-electron chi connectivity index (χ4n) is 2.18. The van der Waals surface area contributed by atoms with Crippen molar-refractivity contribution in [1.82, 2.24) is 0 Å². The van der Waals surface area contributed by atoms with Crippen LogP contribution in [0.1, 0.15) is 0 Å². The van der Waals surface area contributed by atoms with Gasteiger partial charge in [-0.25, -0.2) is 0 Å². The van der Waals surface area contributed by atoms with Crippen LogP contribution in [0.3, 0.4) is 0 Å². The molecule has 2 heteroatoms. The van der Waals surface area contributed by atoms with E-state index in [9.17, 15) is 0 Å². The molecule has 2 nitrogen and oxygen atoms in total. The number of aliphatic hydroxyl groups is 1. The third kappa shape index (κ3) is 2.64. The Morgan fingerprint density at radius 2 is 1.30 bits per heavy atom. The molecule has 3 aromatic carbocycles. The Morgan fingerprint density at radius 1 is 0.850 bits per heavy atom. The molecule has 0 spiro atoms. The molecule has 0 saturated heterocycles. The average Bonchev–Trinajstić information content (AvgIpc) is 2.48. The van der Waals surface area contributed by atoms with Crippen LogP contribution in [0.5, 0.6) is 5.75 Å². The van der Waals surface area contributed by atoms with Gasteiger partial charge in [-0.3, -0.25) is 0 Å². The van der Waals surface area contributed by atoms with Gasteiger partial charge in [0.05, 0.1) is 12.5 Å². The summed E-state index contributed by atoms with van der Waals surface area (Å²) in [6, 6.07) is 18.6. The summed E-state index contributed by atoms with van der Waals surface area (Å²) >= 11 is 0. The summed E-state index contributed by atoms with van der Waals surface area (Å²) in [7, 11) is 0. The summed E-state index contributed by atoms with van der Waals surface area (Å²) in [6.07, 6.45) is 2.23. The lowest BCUT2D eigenvalue weighted by Gasteiger charge is -2.09. The van der Waals surface area contributed by atoms with E-state index in [2.05, 4.69) is 43.5 Å². The van der Waals surface area contributed by atoms with Gasteiger partial charge >= 0.3 is 0 Å². The molecule has 0 atom stereocenters. The van der Waals surface area contributed by atoms with Crippen molar-refractivity contribution in [3.63, 3.8) is 0 Å². The fraction of sp³-hybridized carbons (Fsp3) is 0. The number of ether oxygens (including phenoxy) is 1. The quantitative estimate of drug-likeness (QED) is 0.509. The topological polar surface area (TPSA) is 29.5 Å². The van der Waals surface area contributed by atoms with Crippen molar-refractivity contribution >= 4 is 21.5 Å². The normalized spacial score (nSPS) is 9.60. The Morgan fingerprint density at radius 3 is 1.75 bits per heavy atom. The highest BCUT2D eigenvalue weighted by atomic mass is 16.5. The number of hydrogen-bond acceptors (Lipinski definition) is 2. The lowest BCUT2D eigenvalue weighted by Crippen LogP contribution is -1.86. The molecule has 0 unspecified atom stereocenters. The number of aliphatic hydroxyl groups excluding tert-OH is 1. The Labute approximate surface area is 118 Å². The van der Waals surface area contributed by atoms with Crippen molar-refractivity contribution in [2.75, 3.05) is 0 Å². The van der Waals surface area contributed by atoms with Crippen LogP contribution in [0.2, 0.25) is 0 Å². The van der Waals surface area contributed by atoms with Gasteiger partial charge in [-0.2, -0.15) is 0 Å². The van der Waals surface area contributed by atoms with Crippen molar-refractivity contribution in [3.8, 4) is 5.75 Å². The summed E-state index contributed by atoms with van der Waals surface area (Å²) in [5, 5.41) is 11.9. The van der Waals surface area contributed by atoms with Crippen LogP contribution in [0.15, 0.2) is 80.3 Å². The molecule has 0 radical (unpaired) electrons. The maximum absolute atomic E-state index is 7.33. The van der Waals surface area contributed by atoms with E-state index in [1.165, 1.54) is 17.0 Å². The van der Waals surface area contributed by atoms with Crippen LogP contribution in [0.4, 0.5) is 0 Å². The van der Waals surface area contributed by atoms with E-state index in [0.29, 0.717) is 0 Å². The molecule has 20 heavy (non-hydrogen) atoms. The molecule has 3 rings (SSSR count). The highest BCUT2D eigenvalue weighted by molar-refractivity contribution is 6.05. The van der Waals surface area contributed by atoms with Crippen molar-refractivity contribution in [1.29, 1.82) is 0 Å². The van der Waals surface area contributed by atoms with Gasteiger partial charge in [-0.15, -0.1) is 0 Å². The van der Waals surface area contributed by atoms with Crippen LogP contribution >= 0.6 is 0 Å². The minimum absolute atomic E-state index is 0.750. The van der Waals surface area contributed by atoms with Crippen LogP contribution in [-0.2, 0) is 0 Å². The van der Waals surface area contributed by atoms with E-state index < -0.39 is 0 Å². The monoisotopic (exact) mass is 264 g/mol. The van der Waals surface area contributed by atoms with E-state index in [-0.39, 0.29) is 0 Å². The first-order valence-electron chi connectivity index (χ1n) is 6.25. The molecule has 0 saturated carbocycles. The molecule has 0 amide bonds. The van der Waals surface area contributed by atoms with Gasteiger partial charge in [0, 0.05) is 10.8 Å². The fourth-order valence-corrected chi connectivity index (χ4v) is 2.18. The van der Waals surface area contributed by atoms with E-state index in [4.69, 9.17) is 9.84 Å². The highest BCUT2D eigenvalue weighted by Gasteiger charge is 2.06. The molecule has 0 aromatic heterocycles. The van der Waals surface area contributed by atoms with Crippen LogP contribution < -0.4 is 4.74 Å². The van der Waals surface area contributed by atoms with E-state index in [1.54, 1.807) is 0 Å². The molecule has 0 fully saturated rings. The van der Waals surface area contributed by atoms with Crippen LogP contribution in [0.25, 0.3) is 21.5 Å². The molecule has 1 N–H and O–H groups in total. The zero-order chi connectivity index (χ0) is 14.4. The SMILES string of the molecule is C=CO.C=COc1c2ccccc2cc2ccccc12. The zero-order valence-corrected chi connectivity index (χ0v) is 11.1. The van der Waals surface area contributed by atoms with Gasteiger partial charge in [-0.05, 0) is 16.8 Å². The largest absolute Gasteiger partial charge is 0.516 e. The summed E-state index contributed by atoms with van der Waals surface area (Å²) in [4.78, 5) is 0. The molecule has 0 aliphatic heterocycles. The number of benzene rings is 3. The first-order chi connectivity index (χ1) is 9.81. The number of fused-ring (bicyclic) bond motifs is 2. The Bertz CT molecular complexity index is 691. The summed E-state index contributed by atoms with van der Waals surface area (Å²) in [5.41, 5.74) is 0. The molecule has 0 aliphatic rings. The third-order valence-corrected chi connectivity index (χ3v) is 2.92. The zero-order valence-electron chi connectivity index (χ0n) is 11.1. The molecule has 0 aliphatic carbocycles. The van der Waals surface area contributed by atoms with Crippen molar-refractivity contribution in [2.45, 2.75) is 0 Å². The lowest BCUT2D eigenvalue weighted by molar-refractivity contribution is 0.476. The third-order valence-electron chi connectivity index (χ3n) is 2.92. The first kappa shape index (κ1) is 13.7. The molecular formula is C18H16O2. The Hall–Kier alpha value is -2.74. The van der Waals surface area contributed by atoms with Crippen molar-refractivity contribution in [3.05, 3.63) is 80.3 Å². The average molecular weight is 264 g/mol. The van der Waals surface area contributed by atoms with Crippen molar-refractivity contribution < 1.29 is 9.84 Å². The van der Waals surface area contributed by atoms with Crippen LogP contribution in [0, 0.1) is 0 Å². The first-order valence-corrected chi connectivity index (χ1v) is 6.25. The molecule has 0 bridgehead atoms. The molecule has 3 aromatic rings. The van der Waals surface area contributed by atoms with E-state index >= 15 is 0 Å². The van der Waals surface area contributed by atoms with Crippen molar-refractivity contribution in [2.24, 2.45) is 0 Å². The molecular weight excluding hydrogens is 248 g/mol. The van der Waals surface area contributed by atoms with Gasteiger partial charge in [-0.1, -0.05) is 61.7 Å². The lowest BCUT2D eigenvalue weighted by atomic mass is 10.0. The Balaban J connectivity index is 0.000000452. The predicted octanol–water partition coefficient (Wildman–Crippen LogP) is 5.20.